The molecular formula is C15H17N3O4S. The molecule has 1 aromatic heterocycles. The number of benzene rings is 1. The van der Waals surface area contributed by atoms with E-state index in [-0.39, 0.29) is 11.4 Å². The minimum absolute atomic E-state index is 0.137. The number of aryl methyl sites for hydroxylation is 1. The van der Waals surface area contributed by atoms with Crippen LogP contribution in [-0.4, -0.2) is 38.4 Å². The van der Waals surface area contributed by atoms with Crippen LogP contribution in [0.3, 0.4) is 0 Å². The zero-order chi connectivity index (χ0) is 16.9. The molecule has 2 rings (SSSR count). The lowest BCUT2D eigenvalue weighted by Gasteiger charge is -2.16. The second kappa shape index (κ2) is 7.21. The average Bonchev–Trinajstić information content (AvgIpc) is 3.01. The molecule has 122 valence electrons. The summed E-state index contributed by atoms with van der Waals surface area (Å²) >= 11 is 0. The first-order chi connectivity index (χ1) is 10.9. The molecule has 0 bridgehead atoms. The minimum atomic E-state index is -3.72. The maximum Gasteiger partial charge on any atom is 0.255 e. The van der Waals surface area contributed by atoms with Crippen molar-refractivity contribution in [3.05, 3.63) is 54.0 Å². The Morgan fingerprint density at radius 3 is 2.61 bits per heavy atom. The largest absolute Gasteiger partial charge is 0.463 e. The highest BCUT2D eigenvalue weighted by molar-refractivity contribution is 7.89. The number of hydrazone groups is 1. The van der Waals surface area contributed by atoms with Crippen LogP contribution in [-0.2, 0) is 14.8 Å². The first-order valence-electron chi connectivity index (χ1n) is 6.78. The van der Waals surface area contributed by atoms with Crippen molar-refractivity contribution in [1.82, 2.24) is 9.73 Å². The number of hydrogen-bond donors (Lipinski definition) is 1. The number of amides is 1. The highest BCUT2D eigenvalue weighted by Crippen LogP contribution is 2.14. The Bertz CT molecular complexity index is 781. The Morgan fingerprint density at radius 2 is 2.00 bits per heavy atom. The number of rotatable bonds is 6. The first-order valence-corrected chi connectivity index (χ1v) is 8.22. The molecule has 1 aromatic carbocycles. The van der Waals surface area contributed by atoms with Crippen LogP contribution in [0.1, 0.15) is 11.3 Å². The quantitative estimate of drug-likeness (QED) is 0.637. The van der Waals surface area contributed by atoms with Crippen molar-refractivity contribution in [3.8, 4) is 0 Å². The topological polar surface area (TPSA) is 92.0 Å². The molecular weight excluding hydrogens is 318 g/mol. The lowest BCUT2D eigenvalue weighted by atomic mass is 10.2. The van der Waals surface area contributed by atoms with E-state index in [1.807, 2.05) is 6.92 Å². The van der Waals surface area contributed by atoms with E-state index in [1.165, 1.54) is 31.7 Å². The number of nitrogens with zero attached hydrogens (tertiary/aromatic N) is 2. The van der Waals surface area contributed by atoms with E-state index in [2.05, 4.69) is 10.5 Å². The predicted octanol–water partition coefficient (Wildman–Crippen LogP) is 1.36. The van der Waals surface area contributed by atoms with Gasteiger partial charge in [0.25, 0.3) is 5.91 Å². The summed E-state index contributed by atoms with van der Waals surface area (Å²) in [5.41, 5.74) is 3.20. The molecule has 23 heavy (non-hydrogen) atoms. The van der Waals surface area contributed by atoms with Gasteiger partial charge in [0.1, 0.15) is 5.76 Å². The second-order valence-electron chi connectivity index (χ2n) is 4.88. The van der Waals surface area contributed by atoms with Crippen LogP contribution in [0.2, 0.25) is 0 Å². The third kappa shape index (κ3) is 4.51. The summed E-state index contributed by atoms with van der Waals surface area (Å²) in [6, 6.07) is 9.78. The van der Waals surface area contributed by atoms with Gasteiger partial charge in [0.2, 0.25) is 10.0 Å². The normalized spacial score (nSPS) is 12.0. The summed E-state index contributed by atoms with van der Waals surface area (Å²) in [7, 11) is -2.38. The third-order valence-electron chi connectivity index (χ3n) is 3.02. The molecule has 0 aliphatic carbocycles. The van der Waals surface area contributed by atoms with Crippen LogP contribution < -0.4 is 5.43 Å². The maximum atomic E-state index is 12.3. The fourth-order valence-electron chi connectivity index (χ4n) is 1.75. The van der Waals surface area contributed by atoms with E-state index in [4.69, 9.17) is 4.42 Å². The Hall–Kier alpha value is -2.45. The van der Waals surface area contributed by atoms with Crippen molar-refractivity contribution in [3.63, 3.8) is 0 Å². The van der Waals surface area contributed by atoms with E-state index in [1.54, 1.807) is 24.3 Å². The molecule has 1 heterocycles. The molecule has 7 nitrogen and oxygen atoms in total. The predicted molar refractivity (Wildman–Crippen MR) is 85.4 cm³/mol. The SMILES string of the molecule is Cc1ccc(S(=O)(=O)N(C)CC(=O)N/N=C\c2ccco2)cc1. The molecule has 0 aliphatic heterocycles. The van der Waals surface area contributed by atoms with Crippen LogP contribution in [0, 0.1) is 6.92 Å². The van der Waals surface area contributed by atoms with Gasteiger partial charge < -0.3 is 4.42 Å². The van der Waals surface area contributed by atoms with Gasteiger partial charge in [-0.15, -0.1) is 0 Å². The molecule has 0 saturated heterocycles. The van der Waals surface area contributed by atoms with Gasteiger partial charge in [-0.25, -0.2) is 13.8 Å². The van der Waals surface area contributed by atoms with Crippen LogP contribution in [0.25, 0.3) is 0 Å². The van der Waals surface area contributed by atoms with Gasteiger partial charge in [0, 0.05) is 7.05 Å². The Balaban J connectivity index is 1.96. The molecule has 0 fully saturated rings. The van der Waals surface area contributed by atoms with Gasteiger partial charge in [-0.1, -0.05) is 17.7 Å². The summed E-state index contributed by atoms with van der Waals surface area (Å²) in [6.45, 7) is 1.52. The Kier molecular flexibility index (Phi) is 5.30. The summed E-state index contributed by atoms with van der Waals surface area (Å²) in [6.07, 6.45) is 2.80. The molecule has 8 heteroatoms. The highest BCUT2D eigenvalue weighted by atomic mass is 32.2. The van der Waals surface area contributed by atoms with E-state index in [0.717, 1.165) is 9.87 Å². The zero-order valence-electron chi connectivity index (χ0n) is 12.8. The maximum absolute atomic E-state index is 12.3. The third-order valence-corrected chi connectivity index (χ3v) is 4.84. The van der Waals surface area contributed by atoms with Crippen molar-refractivity contribution >= 4 is 22.1 Å². The smallest absolute Gasteiger partial charge is 0.255 e. The van der Waals surface area contributed by atoms with Gasteiger partial charge in [-0.2, -0.15) is 9.41 Å². The molecule has 1 N–H and O–H groups in total. The number of nitrogens with one attached hydrogen (secondary N) is 1. The van der Waals surface area contributed by atoms with Crippen molar-refractivity contribution < 1.29 is 17.6 Å². The number of furan rings is 1. The van der Waals surface area contributed by atoms with Gasteiger partial charge in [0.05, 0.1) is 23.9 Å². The molecule has 2 aromatic rings. The summed E-state index contributed by atoms with van der Waals surface area (Å²) < 4.78 is 30.6. The molecule has 0 radical (unpaired) electrons. The highest BCUT2D eigenvalue weighted by Gasteiger charge is 2.22. The molecule has 0 atom stereocenters. The number of sulfonamides is 1. The van der Waals surface area contributed by atoms with Crippen molar-refractivity contribution in [2.24, 2.45) is 5.10 Å². The zero-order valence-corrected chi connectivity index (χ0v) is 13.6. The summed E-state index contributed by atoms with van der Waals surface area (Å²) in [4.78, 5) is 11.9. The summed E-state index contributed by atoms with van der Waals surface area (Å²) in [5, 5.41) is 3.69. The molecule has 0 saturated carbocycles. The van der Waals surface area contributed by atoms with E-state index in [9.17, 15) is 13.2 Å². The first kappa shape index (κ1) is 16.9. The van der Waals surface area contributed by atoms with Crippen LogP contribution in [0.15, 0.2) is 57.1 Å². The van der Waals surface area contributed by atoms with E-state index in [0.29, 0.717) is 5.76 Å². The lowest BCUT2D eigenvalue weighted by Crippen LogP contribution is -2.36. The number of likely N-dealkylation sites (N-methyl/N-ethyl adjacent to an activating group) is 1. The Morgan fingerprint density at radius 1 is 1.30 bits per heavy atom. The molecule has 0 unspecified atom stereocenters. The van der Waals surface area contributed by atoms with Crippen molar-refractivity contribution in [1.29, 1.82) is 0 Å². The number of carbonyl (C=O) groups excluding carboxylic acids is 1. The Labute approximate surface area is 134 Å². The fraction of sp³-hybridized carbons (Fsp3) is 0.200. The number of carbonyl (C=O) groups is 1. The fourth-order valence-corrected chi connectivity index (χ4v) is 2.87. The van der Waals surface area contributed by atoms with Gasteiger partial charge in [0.15, 0.2) is 0 Å². The standard InChI is InChI=1S/C15H17N3O4S/c1-12-5-7-14(8-6-12)23(20,21)18(2)11-15(19)17-16-10-13-4-3-9-22-13/h3-10H,11H2,1-2H3,(H,17,19)/b16-10-. The lowest BCUT2D eigenvalue weighted by molar-refractivity contribution is -0.121. The second-order valence-corrected chi connectivity index (χ2v) is 6.93. The molecule has 1 amide bonds. The summed E-state index contributed by atoms with van der Waals surface area (Å²) in [5.74, 6) is -0.0723. The van der Waals surface area contributed by atoms with E-state index < -0.39 is 15.9 Å². The van der Waals surface area contributed by atoms with E-state index >= 15 is 0 Å². The van der Waals surface area contributed by atoms with Gasteiger partial charge in [-0.05, 0) is 31.2 Å². The monoisotopic (exact) mass is 335 g/mol. The van der Waals surface area contributed by atoms with Gasteiger partial charge in [-0.3, -0.25) is 4.79 Å². The molecule has 0 aliphatic rings. The van der Waals surface area contributed by atoms with Gasteiger partial charge >= 0.3 is 0 Å². The average molecular weight is 335 g/mol. The number of hydrogen-bond acceptors (Lipinski definition) is 5. The van der Waals surface area contributed by atoms with Crippen molar-refractivity contribution in [2.45, 2.75) is 11.8 Å². The van der Waals surface area contributed by atoms with Crippen LogP contribution in [0.5, 0.6) is 0 Å². The van der Waals surface area contributed by atoms with Crippen molar-refractivity contribution in [2.75, 3.05) is 13.6 Å². The minimum Gasteiger partial charge on any atom is -0.463 e. The van der Waals surface area contributed by atoms with Crippen LogP contribution >= 0.6 is 0 Å². The van der Waals surface area contributed by atoms with Crippen LogP contribution in [0.4, 0.5) is 0 Å². The molecule has 0 spiro atoms.